The smallest absolute Gasteiger partial charge is 0.220 e. The number of carbonyl (C=O) groups excluding carboxylic acids is 1. The summed E-state index contributed by atoms with van der Waals surface area (Å²) in [6.45, 7) is 2.36. The fraction of sp³-hybridized carbons (Fsp3) is 0.667. The molecule has 0 aliphatic carbocycles. The van der Waals surface area contributed by atoms with Crippen LogP contribution in [0.1, 0.15) is 37.0 Å². The van der Waals surface area contributed by atoms with Gasteiger partial charge in [0.05, 0.1) is 4.34 Å². The molecule has 2 atom stereocenters. The lowest BCUT2D eigenvalue weighted by atomic mass is 9.99. The number of nitrogens with one attached hydrogen (secondary N) is 1. The standard InChI is InChI=1S/C15H21ClN2OS/c16-14-6-4-11(20-14)5-7-15(19)17-12-8-10-18-9-2-1-3-13(12)18/h4,6,12-13H,1-3,5,7-10H2,(H,17,19). The maximum Gasteiger partial charge on any atom is 0.220 e. The zero-order valence-corrected chi connectivity index (χ0v) is 13.2. The second-order valence-corrected chi connectivity index (χ2v) is 7.57. The molecule has 0 bridgehead atoms. The molecule has 0 radical (unpaired) electrons. The summed E-state index contributed by atoms with van der Waals surface area (Å²) in [5.74, 6) is 0.187. The minimum Gasteiger partial charge on any atom is -0.352 e. The largest absolute Gasteiger partial charge is 0.352 e. The molecule has 2 aliphatic rings. The molecule has 3 nitrogen and oxygen atoms in total. The zero-order valence-electron chi connectivity index (χ0n) is 11.6. The summed E-state index contributed by atoms with van der Waals surface area (Å²) < 4.78 is 0.800. The number of halogens is 1. The Morgan fingerprint density at radius 2 is 2.25 bits per heavy atom. The third-order valence-corrected chi connectivity index (χ3v) is 5.72. The van der Waals surface area contributed by atoms with Gasteiger partial charge in [0.1, 0.15) is 0 Å². The molecule has 1 N–H and O–H groups in total. The van der Waals surface area contributed by atoms with Crippen molar-refractivity contribution in [2.24, 2.45) is 0 Å². The van der Waals surface area contributed by atoms with Gasteiger partial charge in [0.2, 0.25) is 5.91 Å². The lowest BCUT2D eigenvalue weighted by Crippen LogP contribution is -2.46. The summed E-state index contributed by atoms with van der Waals surface area (Å²) in [6, 6.07) is 4.87. The van der Waals surface area contributed by atoms with Gasteiger partial charge in [0.25, 0.3) is 0 Å². The lowest BCUT2D eigenvalue weighted by molar-refractivity contribution is -0.122. The molecule has 3 heterocycles. The van der Waals surface area contributed by atoms with Gasteiger partial charge in [-0.05, 0) is 44.4 Å². The number of aryl methyl sites for hydroxylation is 1. The minimum atomic E-state index is 0.187. The first-order valence-corrected chi connectivity index (χ1v) is 8.69. The molecule has 0 saturated carbocycles. The van der Waals surface area contributed by atoms with E-state index in [-0.39, 0.29) is 5.91 Å². The van der Waals surface area contributed by atoms with Gasteiger partial charge in [0.15, 0.2) is 0 Å². The zero-order chi connectivity index (χ0) is 13.9. The monoisotopic (exact) mass is 312 g/mol. The summed E-state index contributed by atoms with van der Waals surface area (Å²) in [6.07, 6.45) is 6.34. The Labute approximate surface area is 129 Å². The van der Waals surface area contributed by atoms with Crippen LogP contribution in [-0.2, 0) is 11.2 Å². The molecule has 5 heteroatoms. The Morgan fingerprint density at radius 3 is 3.05 bits per heavy atom. The van der Waals surface area contributed by atoms with Gasteiger partial charge in [-0.1, -0.05) is 18.0 Å². The fourth-order valence-corrected chi connectivity index (χ4v) is 4.50. The van der Waals surface area contributed by atoms with Crippen molar-refractivity contribution in [1.82, 2.24) is 10.2 Å². The summed E-state index contributed by atoms with van der Waals surface area (Å²) in [5.41, 5.74) is 0. The number of amides is 1. The van der Waals surface area contributed by atoms with Crippen molar-refractivity contribution >= 4 is 28.8 Å². The number of hydrogen-bond acceptors (Lipinski definition) is 3. The van der Waals surface area contributed by atoms with Gasteiger partial charge in [-0.2, -0.15) is 0 Å². The van der Waals surface area contributed by atoms with Crippen molar-refractivity contribution in [2.45, 2.75) is 50.6 Å². The van der Waals surface area contributed by atoms with Crippen LogP contribution in [0.2, 0.25) is 4.34 Å². The highest BCUT2D eigenvalue weighted by Gasteiger charge is 2.35. The third-order valence-electron chi connectivity index (χ3n) is 4.43. The van der Waals surface area contributed by atoms with Crippen molar-refractivity contribution in [3.8, 4) is 0 Å². The topological polar surface area (TPSA) is 32.3 Å². The summed E-state index contributed by atoms with van der Waals surface area (Å²) in [5, 5.41) is 3.25. The van der Waals surface area contributed by atoms with Crippen LogP contribution >= 0.6 is 22.9 Å². The van der Waals surface area contributed by atoms with E-state index < -0.39 is 0 Å². The van der Waals surface area contributed by atoms with E-state index in [0.717, 1.165) is 23.7 Å². The van der Waals surface area contributed by atoms with Crippen LogP contribution < -0.4 is 5.32 Å². The number of thiophene rings is 1. The van der Waals surface area contributed by atoms with Gasteiger partial charge in [-0.3, -0.25) is 9.69 Å². The second-order valence-electron chi connectivity index (χ2n) is 5.77. The number of carbonyl (C=O) groups is 1. The third kappa shape index (κ3) is 3.35. The van der Waals surface area contributed by atoms with E-state index in [0.29, 0.717) is 18.5 Å². The molecule has 20 heavy (non-hydrogen) atoms. The summed E-state index contributed by atoms with van der Waals surface area (Å²) in [4.78, 5) is 15.8. The highest BCUT2D eigenvalue weighted by atomic mass is 35.5. The van der Waals surface area contributed by atoms with E-state index in [1.165, 1.54) is 30.7 Å². The van der Waals surface area contributed by atoms with Crippen molar-refractivity contribution < 1.29 is 4.79 Å². The molecule has 1 aromatic rings. The summed E-state index contributed by atoms with van der Waals surface area (Å²) in [7, 11) is 0. The van der Waals surface area contributed by atoms with Gasteiger partial charge in [0, 0.05) is 29.9 Å². The highest BCUT2D eigenvalue weighted by molar-refractivity contribution is 7.16. The predicted molar refractivity (Wildman–Crippen MR) is 83.4 cm³/mol. The Balaban J connectivity index is 1.46. The van der Waals surface area contributed by atoms with Crippen molar-refractivity contribution in [2.75, 3.05) is 13.1 Å². The highest BCUT2D eigenvalue weighted by Crippen LogP contribution is 2.27. The molecule has 2 saturated heterocycles. The molecule has 0 aromatic carbocycles. The van der Waals surface area contributed by atoms with Crippen LogP contribution in [0.15, 0.2) is 12.1 Å². The fourth-order valence-electron chi connectivity index (χ4n) is 3.42. The van der Waals surface area contributed by atoms with E-state index in [1.54, 1.807) is 11.3 Å². The van der Waals surface area contributed by atoms with E-state index in [4.69, 9.17) is 11.6 Å². The molecule has 1 aromatic heterocycles. The maximum absolute atomic E-state index is 12.1. The predicted octanol–water partition coefficient (Wildman–Crippen LogP) is 3.08. The van der Waals surface area contributed by atoms with Crippen LogP contribution in [0, 0.1) is 0 Å². The van der Waals surface area contributed by atoms with Crippen LogP contribution in [0.25, 0.3) is 0 Å². The Hall–Kier alpha value is -0.580. The lowest BCUT2D eigenvalue weighted by Gasteiger charge is -2.32. The molecule has 2 unspecified atom stereocenters. The van der Waals surface area contributed by atoms with E-state index in [9.17, 15) is 4.79 Å². The first-order chi connectivity index (χ1) is 9.72. The molecule has 3 rings (SSSR count). The molecule has 2 fully saturated rings. The molecule has 2 aliphatic heterocycles. The second kappa shape index (κ2) is 6.46. The molecule has 110 valence electrons. The van der Waals surface area contributed by atoms with Gasteiger partial charge in [-0.15, -0.1) is 11.3 Å². The molecular weight excluding hydrogens is 292 g/mol. The Bertz CT molecular complexity index is 476. The van der Waals surface area contributed by atoms with Crippen LogP contribution in [0.5, 0.6) is 0 Å². The average molecular weight is 313 g/mol. The van der Waals surface area contributed by atoms with Gasteiger partial charge >= 0.3 is 0 Å². The first kappa shape index (κ1) is 14.4. The molecule has 1 amide bonds. The Kier molecular flexibility index (Phi) is 4.64. The van der Waals surface area contributed by atoms with Gasteiger partial charge in [-0.25, -0.2) is 0 Å². The maximum atomic E-state index is 12.1. The van der Waals surface area contributed by atoms with Crippen molar-refractivity contribution in [1.29, 1.82) is 0 Å². The molecular formula is C15H21ClN2OS. The first-order valence-electron chi connectivity index (χ1n) is 7.50. The number of fused-ring (bicyclic) bond motifs is 1. The SMILES string of the molecule is O=C(CCc1ccc(Cl)s1)NC1CCN2CCCCC12. The quantitative estimate of drug-likeness (QED) is 0.926. The normalized spacial score (nSPS) is 26.4. The van der Waals surface area contributed by atoms with Gasteiger partial charge < -0.3 is 5.32 Å². The van der Waals surface area contributed by atoms with Crippen LogP contribution in [0.3, 0.4) is 0 Å². The van der Waals surface area contributed by atoms with Crippen molar-refractivity contribution in [3.63, 3.8) is 0 Å². The molecule has 0 spiro atoms. The van der Waals surface area contributed by atoms with Crippen LogP contribution in [-0.4, -0.2) is 36.0 Å². The summed E-state index contributed by atoms with van der Waals surface area (Å²) >= 11 is 7.47. The number of hydrogen-bond donors (Lipinski definition) is 1. The van der Waals surface area contributed by atoms with E-state index >= 15 is 0 Å². The van der Waals surface area contributed by atoms with E-state index in [2.05, 4.69) is 10.2 Å². The average Bonchev–Trinajstić information content (AvgIpc) is 3.04. The van der Waals surface area contributed by atoms with E-state index in [1.807, 2.05) is 12.1 Å². The number of nitrogens with zero attached hydrogens (tertiary/aromatic N) is 1. The number of piperidine rings is 1. The van der Waals surface area contributed by atoms with Crippen LogP contribution in [0.4, 0.5) is 0 Å². The number of rotatable bonds is 4. The Morgan fingerprint density at radius 1 is 1.35 bits per heavy atom. The minimum absolute atomic E-state index is 0.187. The van der Waals surface area contributed by atoms with Crippen molar-refractivity contribution in [3.05, 3.63) is 21.3 Å².